The molecule has 21 heavy (non-hydrogen) atoms. The van der Waals surface area contributed by atoms with Gasteiger partial charge in [0.25, 0.3) is 0 Å². The molecule has 1 aromatic rings. The monoisotopic (exact) mass is 310 g/mol. The fraction of sp³-hybridized carbons (Fsp3) is 0.625. The molecule has 0 saturated heterocycles. The Bertz CT molecular complexity index is 578. The van der Waals surface area contributed by atoms with Crippen molar-refractivity contribution in [2.24, 2.45) is 5.92 Å². The molecule has 0 spiro atoms. The van der Waals surface area contributed by atoms with Gasteiger partial charge in [-0.1, -0.05) is 19.1 Å². The molecule has 1 fully saturated rings. The largest absolute Gasteiger partial charge is 0.313 e. The van der Waals surface area contributed by atoms with Gasteiger partial charge in [-0.15, -0.1) is 0 Å². The summed E-state index contributed by atoms with van der Waals surface area (Å²) in [7, 11) is -3.45. The van der Waals surface area contributed by atoms with Gasteiger partial charge in [0.2, 0.25) is 10.0 Å². The molecule has 5 heteroatoms. The summed E-state index contributed by atoms with van der Waals surface area (Å²) >= 11 is 0. The standard InChI is InChI=1S/C16H26N2O2S/c1-4-10-17-12-13-6-5-7-15(11-13)21(19,20)18-16(2,3)14-8-9-14/h5-7,11,14,17-18H,4,8-10,12H2,1-3H3. The lowest BCUT2D eigenvalue weighted by molar-refractivity contribution is 0.400. The predicted octanol–water partition coefficient (Wildman–Crippen LogP) is 2.65. The first-order valence-electron chi connectivity index (χ1n) is 7.69. The van der Waals surface area contributed by atoms with E-state index in [4.69, 9.17) is 0 Å². The zero-order valence-corrected chi connectivity index (χ0v) is 14.0. The van der Waals surface area contributed by atoms with Gasteiger partial charge in [-0.25, -0.2) is 13.1 Å². The molecule has 0 aromatic heterocycles. The van der Waals surface area contributed by atoms with Crippen LogP contribution in [-0.2, 0) is 16.6 Å². The van der Waals surface area contributed by atoms with Crippen LogP contribution in [0.25, 0.3) is 0 Å². The first-order valence-corrected chi connectivity index (χ1v) is 9.17. The van der Waals surface area contributed by atoms with Crippen molar-refractivity contribution in [2.75, 3.05) is 6.54 Å². The molecule has 4 nitrogen and oxygen atoms in total. The van der Waals surface area contributed by atoms with Crippen LogP contribution in [0.5, 0.6) is 0 Å². The van der Waals surface area contributed by atoms with E-state index in [1.54, 1.807) is 12.1 Å². The second-order valence-corrected chi connectivity index (χ2v) is 8.11. The van der Waals surface area contributed by atoms with Gasteiger partial charge in [-0.3, -0.25) is 0 Å². The molecule has 0 unspecified atom stereocenters. The van der Waals surface area contributed by atoms with E-state index in [1.807, 2.05) is 26.0 Å². The topological polar surface area (TPSA) is 58.2 Å². The summed E-state index contributed by atoms with van der Waals surface area (Å²) in [5.74, 6) is 0.460. The molecule has 1 aromatic carbocycles. The molecular formula is C16H26N2O2S. The Hall–Kier alpha value is -0.910. The molecular weight excluding hydrogens is 284 g/mol. The van der Waals surface area contributed by atoms with E-state index >= 15 is 0 Å². The Morgan fingerprint density at radius 3 is 2.62 bits per heavy atom. The van der Waals surface area contributed by atoms with Crippen LogP contribution in [0.3, 0.4) is 0 Å². The summed E-state index contributed by atoms with van der Waals surface area (Å²) in [6.45, 7) is 7.68. The van der Waals surface area contributed by atoms with Crippen molar-refractivity contribution in [1.29, 1.82) is 0 Å². The molecule has 0 radical (unpaired) electrons. The molecule has 1 aliphatic rings. The van der Waals surface area contributed by atoms with Gasteiger partial charge in [0.15, 0.2) is 0 Å². The Labute approximate surface area is 128 Å². The van der Waals surface area contributed by atoms with E-state index in [1.165, 1.54) is 0 Å². The van der Waals surface area contributed by atoms with Crippen LogP contribution in [0.1, 0.15) is 45.6 Å². The molecule has 0 heterocycles. The van der Waals surface area contributed by atoms with Gasteiger partial charge in [0.05, 0.1) is 4.90 Å². The number of hydrogen-bond donors (Lipinski definition) is 2. The molecule has 2 N–H and O–H groups in total. The summed E-state index contributed by atoms with van der Waals surface area (Å²) in [6.07, 6.45) is 3.28. The lowest BCUT2D eigenvalue weighted by atomic mass is 10.0. The van der Waals surface area contributed by atoms with Gasteiger partial charge < -0.3 is 5.32 Å². The number of benzene rings is 1. The highest BCUT2D eigenvalue weighted by molar-refractivity contribution is 7.89. The van der Waals surface area contributed by atoms with E-state index in [9.17, 15) is 8.42 Å². The molecule has 0 atom stereocenters. The second kappa shape index (κ2) is 6.46. The van der Waals surface area contributed by atoms with Crippen molar-refractivity contribution in [3.63, 3.8) is 0 Å². The Morgan fingerprint density at radius 1 is 1.29 bits per heavy atom. The maximum atomic E-state index is 12.5. The van der Waals surface area contributed by atoms with Crippen LogP contribution in [0.2, 0.25) is 0 Å². The van der Waals surface area contributed by atoms with Crippen molar-refractivity contribution in [1.82, 2.24) is 10.0 Å². The van der Waals surface area contributed by atoms with Crippen molar-refractivity contribution < 1.29 is 8.42 Å². The quantitative estimate of drug-likeness (QED) is 0.726. The molecule has 1 saturated carbocycles. The summed E-state index contributed by atoms with van der Waals surface area (Å²) < 4.78 is 27.9. The van der Waals surface area contributed by atoms with Crippen LogP contribution >= 0.6 is 0 Å². The lowest BCUT2D eigenvalue weighted by Gasteiger charge is -2.25. The van der Waals surface area contributed by atoms with Crippen LogP contribution in [0.4, 0.5) is 0 Å². The van der Waals surface area contributed by atoms with E-state index in [-0.39, 0.29) is 5.54 Å². The molecule has 0 aliphatic heterocycles. The third-order valence-corrected chi connectivity index (χ3v) is 5.63. The van der Waals surface area contributed by atoms with Crippen molar-refractivity contribution in [3.8, 4) is 0 Å². The smallest absolute Gasteiger partial charge is 0.241 e. The van der Waals surface area contributed by atoms with Crippen LogP contribution < -0.4 is 10.0 Å². The van der Waals surface area contributed by atoms with E-state index in [0.29, 0.717) is 17.4 Å². The molecule has 2 rings (SSSR count). The van der Waals surface area contributed by atoms with Crippen LogP contribution in [0, 0.1) is 5.92 Å². The van der Waals surface area contributed by atoms with Crippen molar-refractivity contribution in [3.05, 3.63) is 29.8 Å². The van der Waals surface area contributed by atoms with Crippen molar-refractivity contribution in [2.45, 2.75) is 57.0 Å². The highest BCUT2D eigenvalue weighted by Gasteiger charge is 2.40. The minimum Gasteiger partial charge on any atom is -0.313 e. The Morgan fingerprint density at radius 2 is 2.00 bits per heavy atom. The highest BCUT2D eigenvalue weighted by Crippen LogP contribution is 2.39. The summed E-state index contributed by atoms with van der Waals surface area (Å²) in [5, 5.41) is 3.29. The van der Waals surface area contributed by atoms with Gasteiger partial charge >= 0.3 is 0 Å². The zero-order valence-electron chi connectivity index (χ0n) is 13.1. The van der Waals surface area contributed by atoms with Crippen LogP contribution in [-0.4, -0.2) is 20.5 Å². The average Bonchev–Trinajstić information content (AvgIpc) is 3.23. The molecule has 118 valence electrons. The van der Waals surface area contributed by atoms with Gasteiger partial charge in [0.1, 0.15) is 0 Å². The lowest BCUT2D eigenvalue weighted by Crippen LogP contribution is -2.45. The first kappa shape index (κ1) is 16.5. The molecule has 0 bridgehead atoms. The summed E-state index contributed by atoms with van der Waals surface area (Å²) in [4.78, 5) is 0.354. The van der Waals surface area contributed by atoms with Crippen molar-refractivity contribution >= 4 is 10.0 Å². The third-order valence-electron chi connectivity index (χ3n) is 3.96. The SMILES string of the molecule is CCCNCc1cccc(S(=O)(=O)NC(C)(C)C2CC2)c1. The van der Waals surface area contributed by atoms with Gasteiger partial charge in [-0.2, -0.15) is 0 Å². The third kappa shape index (κ3) is 4.53. The van der Waals surface area contributed by atoms with E-state index in [0.717, 1.165) is 31.4 Å². The van der Waals surface area contributed by atoms with Gasteiger partial charge in [-0.05, 0) is 63.3 Å². The average molecular weight is 310 g/mol. The Balaban J connectivity index is 2.10. The first-order chi connectivity index (χ1) is 9.85. The molecule has 1 aliphatic carbocycles. The summed E-state index contributed by atoms with van der Waals surface area (Å²) in [6, 6.07) is 7.18. The number of hydrogen-bond acceptors (Lipinski definition) is 3. The minimum absolute atomic E-state index is 0.354. The zero-order chi connectivity index (χ0) is 15.5. The second-order valence-electron chi connectivity index (χ2n) is 6.43. The number of rotatable bonds is 8. The predicted molar refractivity (Wildman–Crippen MR) is 85.6 cm³/mol. The fourth-order valence-electron chi connectivity index (χ4n) is 2.53. The van der Waals surface area contributed by atoms with Gasteiger partial charge in [0, 0.05) is 12.1 Å². The summed E-state index contributed by atoms with van der Waals surface area (Å²) in [5.41, 5.74) is 0.630. The molecule has 0 amide bonds. The fourth-order valence-corrected chi connectivity index (χ4v) is 4.07. The number of sulfonamides is 1. The maximum Gasteiger partial charge on any atom is 0.241 e. The Kier molecular flexibility index (Phi) is 5.07. The highest BCUT2D eigenvalue weighted by atomic mass is 32.2. The minimum atomic E-state index is -3.45. The normalized spacial score (nSPS) is 16.1. The van der Waals surface area contributed by atoms with Crippen LogP contribution in [0.15, 0.2) is 29.2 Å². The maximum absolute atomic E-state index is 12.5. The van der Waals surface area contributed by atoms with E-state index < -0.39 is 10.0 Å². The van der Waals surface area contributed by atoms with E-state index in [2.05, 4.69) is 17.0 Å². The number of nitrogens with one attached hydrogen (secondary N) is 2.